The summed E-state index contributed by atoms with van der Waals surface area (Å²) in [6.45, 7) is 1.67. The molecule has 1 amide bonds. The minimum absolute atomic E-state index is 0.112. The van der Waals surface area contributed by atoms with E-state index in [9.17, 15) is 4.79 Å². The molecule has 0 radical (unpaired) electrons. The molecule has 1 N–H and O–H groups in total. The van der Waals surface area contributed by atoms with Gasteiger partial charge >= 0.3 is 0 Å². The first-order valence-electron chi connectivity index (χ1n) is 9.92. The number of nitrogens with zero attached hydrogens (tertiary/aromatic N) is 1. The van der Waals surface area contributed by atoms with Crippen molar-refractivity contribution >= 4 is 5.91 Å². The van der Waals surface area contributed by atoms with Crippen molar-refractivity contribution in [3.05, 3.63) is 53.9 Å². The standard InChI is InChI=1S/C22H22N2O5/c25-21(16-13-20(29-24-16)17-4-3-9-26-17)23-14-22(7-1-2-8-22)15-5-6-18-19(12-15)28-11-10-27-18/h3-6,9,12-13H,1-2,7-8,10-11,14H2,(H,23,25). The summed E-state index contributed by atoms with van der Waals surface area (Å²) >= 11 is 0. The van der Waals surface area contributed by atoms with Crippen LogP contribution < -0.4 is 14.8 Å². The van der Waals surface area contributed by atoms with E-state index < -0.39 is 0 Å². The van der Waals surface area contributed by atoms with Gasteiger partial charge in [0.25, 0.3) is 5.91 Å². The molecule has 2 aliphatic rings. The lowest BCUT2D eigenvalue weighted by molar-refractivity contribution is 0.0934. The second kappa shape index (κ2) is 7.31. The fourth-order valence-electron chi connectivity index (χ4n) is 4.25. The number of rotatable bonds is 5. The summed E-state index contributed by atoms with van der Waals surface area (Å²) in [7, 11) is 0. The third-order valence-electron chi connectivity index (χ3n) is 5.81. The lowest BCUT2D eigenvalue weighted by atomic mass is 9.78. The topological polar surface area (TPSA) is 86.7 Å². The maximum absolute atomic E-state index is 12.7. The molecule has 0 bridgehead atoms. The molecule has 7 heteroatoms. The van der Waals surface area contributed by atoms with Gasteiger partial charge in [0.15, 0.2) is 23.0 Å². The number of hydrogen-bond donors (Lipinski definition) is 1. The van der Waals surface area contributed by atoms with Gasteiger partial charge in [-0.3, -0.25) is 4.79 Å². The molecule has 0 saturated heterocycles. The molecule has 0 spiro atoms. The van der Waals surface area contributed by atoms with Crippen LogP contribution in [0, 0.1) is 0 Å². The first-order chi connectivity index (χ1) is 14.2. The minimum Gasteiger partial charge on any atom is -0.486 e. The van der Waals surface area contributed by atoms with Crippen molar-refractivity contribution in [2.24, 2.45) is 0 Å². The second-order valence-electron chi connectivity index (χ2n) is 7.58. The van der Waals surface area contributed by atoms with Crippen LogP contribution in [-0.2, 0) is 5.41 Å². The third kappa shape index (κ3) is 3.37. The summed E-state index contributed by atoms with van der Waals surface area (Å²) in [6, 6.07) is 11.2. The van der Waals surface area contributed by atoms with E-state index >= 15 is 0 Å². The molecular weight excluding hydrogens is 372 g/mol. The molecule has 150 valence electrons. The Bertz CT molecular complexity index is 1000. The summed E-state index contributed by atoms with van der Waals surface area (Å²) in [5.41, 5.74) is 1.31. The van der Waals surface area contributed by atoms with Gasteiger partial charge in [0.2, 0.25) is 5.76 Å². The summed E-state index contributed by atoms with van der Waals surface area (Å²) in [4.78, 5) is 12.7. The highest BCUT2D eigenvalue weighted by molar-refractivity contribution is 5.93. The molecule has 1 saturated carbocycles. The van der Waals surface area contributed by atoms with Crippen molar-refractivity contribution in [3.63, 3.8) is 0 Å². The van der Waals surface area contributed by atoms with E-state index in [-0.39, 0.29) is 17.0 Å². The molecular formula is C22H22N2O5. The van der Waals surface area contributed by atoms with Crippen molar-refractivity contribution in [2.75, 3.05) is 19.8 Å². The second-order valence-corrected chi connectivity index (χ2v) is 7.58. The Morgan fingerprint density at radius 1 is 1.03 bits per heavy atom. The smallest absolute Gasteiger partial charge is 0.273 e. The Balaban J connectivity index is 1.33. The van der Waals surface area contributed by atoms with Crippen molar-refractivity contribution in [3.8, 4) is 23.0 Å². The molecule has 1 aliphatic heterocycles. The largest absolute Gasteiger partial charge is 0.486 e. The lowest BCUT2D eigenvalue weighted by Crippen LogP contribution is -2.39. The van der Waals surface area contributed by atoms with Gasteiger partial charge in [-0.25, -0.2) is 0 Å². The van der Waals surface area contributed by atoms with E-state index in [4.69, 9.17) is 18.4 Å². The number of furan rings is 1. The summed E-state index contributed by atoms with van der Waals surface area (Å²) < 4.78 is 21.9. The first kappa shape index (κ1) is 17.8. The van der Waals surface area contributed by atoms with E-state index in [0.717, 1.165) is 37.2 Å². The fourth-order valence-corrected chi connectivity index (χ4v) is 4.25. The number of hydrogen-bond acceptors (Lipinski definition) is 6. The van der Waals surface area contributed by atoms with Gasteiger partial charge in [0, 0.05) is 18.0 Å². The summed E-state index contributed by atoms with van der Waals surface area (Å²) in [5, 5.41) is 6.94. The molecule has 5 rings (SSSR count). The van der Waals surface area contributed by atoms with Crippen LogP contribution in [0.2, 0.25) is 0 Å². The van der Waals surface area contributed by atoms with Crippen LogP contribution in [0.3, 0.4) is 0 Å². The average molecular weight is 394 g/mol. The highest BCUT2D eigenvalue weighted by Crippen LogP contribution is 2.43. The van der Waals surface area contributed by atoms with Gasteiger partial charge in [-0.15, -0.1) is 0 Å². The SMILES string of the molecule is O=C(NCC1(c2ccc3c(c2)OCCO3)CCCC1)c1cc(-c2ccco2)on1. The molecule has 3 aromatic rings. The zero-order valence-corrected chi connectivity index (χ0v) is 16.0. The number of carbonyl (C=O) groups excluding carboxylic acids is 1. The average Bonchev–Trinajstić information content (AvgIpc) is 3.53. The zero-order valence-electron chi connectivity index (χ0n) is 16.0. The number of fused-ring (bicyclic) bond motifs is 1. The van der Waals surface area contributed by atoms with Gasteiger partial charge in [-0.1, -0.05) is 24.1 Å². The molecule has 0 unspecified atom stereocenters. The summed E-state index contributed by atoms with van der Waals surface area (Å²) in [6.07, 6.45) is 5.86. The number of ether oxygens (including phenoxy) is 2. The van der Waals surface area contributed by atoms with E-state index in [1.165, 1.54) is 5.56 Å². The molecule has 7 nitrogen and oxygen atoms in total. The molecule has 0 atom stereocenters. The highest BCUT2D eigenvalue weighted by atomic mass is 16.6. The lowest BCUT2D eigenvalue weighted by Gasteiger charge is -2.31. The molecule has 1 aromatic carbocycles. The van der Waals surface area contributed by atoms with E-state index in [1.54, 1.807) is 24.5 Å². The number of amides is 1. The Labute approximate surface area is 168 Å². The molecule has 29 heavy (non-hydrogen) atoms. The maximum atomic E-state index is 12.7. The van der Waals surface area contributed by atoms with Crippen LogP contribution >= 0.6 is 0 Å². The predicted molar refractivity (Wildman–Crippen MR) is 104 cm³/mol. The molecule has 2 aromatic heterocycles. The fraction of sp³-hybridized carbons (Fsp3) is 0.364. The van der Waals surface area contributed by atoms with Crippen LogP contribution in [0.5, 0.6) is 11.5 Å². The first-order valence-corrected chi connectivity index (χ1v) is 9.92. The van der Waals surface area contributed by atoms with E-state index in [2.05, 4.69) is 22.6 Å². The van der Waals surface area contributed by atoms with Crippen molar-refractivity contribution < 1.29 is 23.2 Å². The molecule has 3 heterocycles. The van der Waals surface area contributed by atoms with Crippen LogP contribution in [0.4, 0.5) is 0 Å². The molecule has 1 fully saturated rings. The maximum Gasteiger partial charge on any atom is 0.273 e. The Kier molecular flexibility index (Phi) is 4.50. The number of benzene rings is 1. The van der Waals surface area contributed by atoms with Gasteiger partial charge < -0.3 is 23.7 Å². The van der Waals surface area contributed by atoms with E-state index in [0.29, 0.717) is 31.3 Å². The van der Waals surface area contributed by atoms with Crippen LogP contribution in [-0.4, -0.2) is 30.8 Å². The normalized spacial score (nSPS) is 17.2. The monoisotopic (exact) mass is 394 g/mol. The van der Waals surface area contributed by atoms with Crippen LogP contribution in [0.1, 0.15) is 41.7 Å². The number of aromatic nitrogens is 1. The summed E-state index contributed by atoms with van der Waals surface area (Å²) in [5.74, 6) is 2.29. The Morgan fingerprint density at radius 2 is 1.86 bits per heavy atom. The molecule has 1 aliphatic carbocycles. The van der Waals surface area contributed by atoms with Crippen molar-refractivity contribution in [1.29, 1.82) is 0 Å². The van der Waals surface area contributed by atoms with Crippen molar-refractivity contribution in [2.45, 2.75) is 31.1 Å². The Hall–Kier alpha value is -3.22. The van der Waals surface area contributed by atoms with Gasteiger partial charge in [-0.2, -0.15) is 0 Å². The predicted octanol–water partition coefficient (Wildman–Crippen LogP) is 3.95. The Morgan fingerprint density at radius 3 is 2.66 bits per heavy atom. The van der Waals surface area contributed by atoms with Gasteiger partial charge in [0.1, 0.15) is 13.2 Å². The number of nitrogens with one attached hydrogen (secondary N) is 1. The number of carbonyl (C=O) groups is 1. The van der Waals surface area contributed by atoms with Gasteiger partial charge in [0.05, 0.1) is 6.26 Å². The van der Waals surface area contributed by atoms with Crippen molar-refractivity contribution in [1.82, 2.24) is 10.5 Å². The van der Waals surface area contributed by atoms with Crippen LogP contribution in [0.25, 0.3) is 11.5 Å². The zero-order chi connectivity index (χ0) is 19.7. The van der Waals surface area contributed by atoms with Gasteiger partial charge in [-0.05, 0) is 42.7 Å². The van der Waals surface area contributed by atoms with Crippen LogP contribution in [0.15, 0.2) is 51.6 Å². The third-order valence-corrected chi connectivity index (χ3v) is 5.81. The minimum atomic E-state index is -0.254. The highest BCUT2D eigenvalue weighted by Gasteiger charge is 2.37. The quantitative estimate of drug-likeness (QED) is 0.705. The van der Waals surface area contributed by atoms with E-state index in [1.807, 2.05) is 6.07 Å².